The highest BCUT2D eigenvalue weighted by Gasteiger charge is 2.24. The molecule has 1 unspecified atom stereocenters. The fraction of sp³-hybridized carbons (Fsp3) is 0.478. The summed E-state index contributed by atoms with van der Waals surface area (Å²) in [6.45, 7) is 4.64. The van der Waals surface area contributed by atoms with Crippen LogP contribution < -0.4 is 4.74 Å². The smallest absolute Gasteiger partial charge is 0.409 e. The van der Waals surface area contributed by atoms with Gasteiger partial charge < -0.3 is 14.4 Å². The van der Waals surface area contributed by atoms with Crippen molar-refractivity contribution in [1.82, 2.24) is 9.88 Å². The molecule has 6 nitrogen and oxygen atoms in total. The summed E-state index contributed by atoms with van der Waals surface area (Å²) in [4.78, 5) is 19.1. The Kier molecular flexibility index (Phi) is 8.25. The van der Waals surface area contributed by atoms with Crippen LogP contribution in [0.3, 0.4) is 0 Å². The number of unbranched alkanes of at least 4 members (excludes halogenated alkanes) is 1. The van der Waals surface area contributed by atoms with Gasteiger partial charge in [-0.15, -0.1) is 0 Å². The molecule has 1 aromatic carbocycles. The monoisotopic (exact) mass is 430 g/mol. The predicted octanol–water partition coefficient (Wildman–Crippen LogP) is 4.51. The second kappa shape index (κ2) is 11.1. The lowest BCUT2D eigenvalue weighted by molar-refractivity contribution is 0.0800. The van der Waals surface area contributed by atoms with E-state index in [0.29, 0.717) is 32.2 Å². The SMILES string of the molecule is CCCCOC(=O)N1CCC(COc2ccc(-c3ccc(S(C)=O)cc3)nc2)CC1. The number of aromatic nitrogens is 1. The Morgan fingerprint density at radius 2 is 1.90 bits per heavy atom. The van der Waals surface area contributed by atoms with Crippen molar-refractivity contribution < 1.29 is 18.5 Å². The standard InChI is InChI=1S/C23H30N2O4S/c1-3-4-15-28-23(26)25-13-11-18(12-14-25)17-29-20-7-10-22(24-16-20)19-5-8-21(9-6-19)30(2)27/h5-10,16,18H,3-4,11-15,17H2,1-2H3. The zero-order valence-electron chi connectivity index (χ0n) is 17.7. The Morgan fingerprint density at radius 3 is 2.50 bits per heavy atom. The maximum atomic E-state index is 12.0. The summed E-state index contributed by atoms with van der Waals surface area (Å²) in [5, 5.41) is 0. The molecule has 3 rings (SSSR count). The van der Waals surface area contributed by atoms with Gasteiger partial charge in [-0.2, -0.15) is 0 Å². The van der Waals surface area contributed by atoms with Gasteiger partial charge in [0.2, 0.25) is 0 Å². The van der Waals surface area contributed by atoms with Crippen molar-refractivity contribution >= 4 is 16.9 Å². The molecule has 1 saturated heterocycles. The number of hydrogen-bond acceptors (Lipinski definition) is 5. The highest BCUT2D eigenvalue weighted by atomic mass is 32.2. The minimum absolute atomic E-state index is 0.194. The molecule has 0 bridgehead atoms. The normalized spacial score (nSPS) is 15.6. The van der Waals surface area contributed by atoms with E-state index in [0.717, 1.165) is 47.6 Å². The molecule has 2 aromatic rings. The van der Waals surface area contributed by atoms with Crippen LogP contribution in [0, 0.1) is 5.92 Å². The first-order chi connectivity index (χ1) is 14.6. The van der Waals surface area contributed by atoms with Gasteiger partial charge in [-0.25, -0.2) is 4.79 Å². The number of carbonyl (C=O) groups is 1. The van der Waals surface area contributed by atoms with Crippen LogP contribution in [0.15, 0.2) is 47.5 Å². The van der Waals surface area contributed by atoms with E-state index in [1.807, 2.05) is 36.4 Å². The summed E-state index contributed by atoms with van der Waals surface area (Å²) in [5.41, 5.74) is 1.83. The first-order valence-electron chi connectivity index (χ1n) is 10.5. The number of ether oxygens (including phenoxy) is 2. The largest absolute Gasteiger partial charge is 0.492 e. The summed E-state index contributed by atoms with van der Waals surface area (Å²) < 4.78 is 22.7. The second-order valence-electron chi connectivity index (χ2n) is 7.57. The maximum Gasteiger partial charge on any atom is 0.409 e. The molecule has 162 valence electrons. The molecule has 1 aromatic heterocycles. The van der Waals surface area contributed by atoms with Crippen LogP contribution in [0.2, 0.25) is 0 Å². The van der Waals surface area contributed by atoms with Crippen LogP contribution in [0.1, 0.15) is 32.6 Å². The van der Waals surface area contributed by atoms with Crippen LogP contribution in [0.25, 0.3) is 11.3 Å². The van der Waals surface area contributed by atoms with Crippen molar-refractivity contribution in [1.29, 1.82) is 0 Å². The maximum absolute atomic E-state index is 12.0. The fourth-order valence-corrected chi connectivity index (χ4v) is 3.86. The van der Waals surface area contributed by atoms with Gasteiger partial charge in [-0.05, 0) is 49.4 Å². The Labute approximate surface area is 181 Å². The van der Waals surface area contributed by atoms with E-state index in [2.05, 4.69) is 11.9 Å². The molecule has 0 radical (unpaired) electrons. The average molecular weight is 431 g/mol. The van der Waals surface area contributed by atoms with E-state index in [-0.39, 0.29) is 6.09 Å². The van der Waals surface area contributed by atoms with Gasteiger partial charge in [0.15, 0.2) is 0 Å². The molecule has 1 aliphatic heterocycles. The van der Waals surface area contributed by atoms with Gasteiger partial charge in [0, 0.05) is 40.6 Å². The summed E-state index contributed by atoms with van der Waals surface area (Å²) in [6.07, 6.45) is 6.98. The van der Waals surface area contributed by atoms with Crippen molar-refractivity contribution in [2.75, 3.05) is 32.6 Å². The quantitative estimate of drug-likeness (QED) is 0.576. The zero-order chi connectivity index (χ0) is 21.3. The first kappa shape index (κ1) is 22.3. The number of likely N-dealkylation sites (tertiary alicyclic amines) is 1. The highest BCUT2D eigenvalue weighted by Crippen LogP contribution is 2.23. The minimum atomic E-state index is -0.979. The molecule has 30 heavy (non-hydrogen) atoms. The van der Waals surface area contributed by atoms with Gasteiger partial charge in [0.25, 0.3) is 0 Å². The third-order valence-electron chi connectivity index (χ3n) is 5.30. The van der Waals surface area contributed by atoms with Crippen LogP contribution >= 0.6 is 0 Å². The molecule has 0 spiro atoms. The predicted molar refractivity (Wildman–Crippen MR) is 118 cm³/mol. The first-order valence-corrected chi connectivity index (χ1v) is 12.1. The number of piperidine rings is 1. The molecule has 0 aliphatic carbocycles. The van der Waals surface area contributed by atoms with E-state index < -0.39 is 10.8 Å². The number of rotatable bonds is 8. The number of hydrogen-bond donors (Lipinski definition) is 0. The number of pyridine rings is 1. The third kappa shape index (κ3) is 6.29. The Balaban J connectivity index is 1.43. The summed E-state index contributed by atoms with van der Waals surface area (Å²) >= 11 is 0. The van der Waals surface area contributed by atoms with Gasteiger partial charge in [-0.3, -0.25) is 9.19 Å². The van der Waals surface area contributed by atoms with Crippen LogP contribution in [-0.2, 0) is 15.5 Å². The van der Waals surface area contributed by atoms with E-state index in [9.17, 15) is 9.00 Å². The molecule has 2 heterocycles. The Bertz CT molecular complexity index is 831. The van der Waals surface area contributed by atoms with Crippen molar-refractivity contribution in [2.45, 2.75) is 37.5 Å². The van der Waals surface area contributed by atoms with E-state index in [4.69, 9.17) is 9.47 Å². The van der Waals surface area contributed by atoms with Crippen molar-refractivity contribution in [3.05, 3.63) is 42.6 Å². The Morgan fingerprint density at radius 1 is 1.17 bits per heavy atom. The summed E-state index contributed by atoms with van der Waals surface area (Å²) in [6, 6.07) is 11.4. The number of nitrogens with zero attached hydrogens (tertiary/aromatic N) is 2. The molecule has 7 heteroatoms. The Hall–Kier alpha value is -2.41. The minimum Gasteiger partial charge on any atom is -0.492 e. The van der Waals surface area contributed by atoms with Gasteiger partial charge in [0.1, 0.15) is 5.75 Å². The fourth-order valence-electron chi connectivity index (χ4n) is 3.35. The van der Waals surface area contributed by atoms with Crippen LogP contribution in [0.4, 0.5) is 4.79 Å². The summed E-state index contributed by atoms with van der Waals surface area (Å²) in [7, 11) is -0.979. The third-order valence-corrected chi connectivity index (χ3v) is 6.24. The number of amides is 1. The summed E-state index contributed by atoms with van der Waals surface area (Å²) in [5.74, 6) is 1.17. The number of carbonyl (C=O) groups excluding carboxylic acids is 1. The van der Waals surface area contributed by atoms with Crippen molar-refractivity contribution in [2.24, 2.45) is 5.92 Å². The van der Waals surface area contributed by atoms with Gasteiger partial charge in [-0.1, -0.05) is 25.5 Å². The second-order valence-corrected chi connectivity index (χ2v) is 8.95. The molecular weight excluding hydrogens is 400 g/mol. The van der Waals surface area contributed by atoms with Crippen LogP contribution in [-0.4, -0.2) is 52.7 Å². The van der Waals surface area contributed by atoms with Crippen molar-refractivity contribution in [3.63, 3.8) is 0 Å². The lowest BCUT2D eigenvalue weighted by atomic mass is 9.98. The van der Waals surface area contributed by atoms with Gasteiger partial charge in [0.05, 0.1) is 25.1 Å². The number of benzene rings is 1. The van der Waals surface area contributed by atoms with Gasteiger partial charge >= 0.3 is 6.09 Å². The highest BCUT2D eigenvalue weighted by molar-refractivity contribution is 7.84. The molecule has 1 amide bonds. The van der Waals surface area contributed by atoms with E-state index in [1.165, 1.54) is 0 Å². The molecule has 1 atom stereocenters. The average Bonchev–Trinajstić information content (AvgIpc) is 2.78. The zero-order valence-corrected chi connectivity index (χ0v) is 18.5. The van der Waals surface area contributed by atoms with Crippen LogP contribution in [0.5, 0.6) is 5.75 Å². The lowest BCUT2D eigenvalue weighted by Gasteiger charge is -2.31. The van der Waals surface area contributed by atoms with E-state index >= 15 is 0 Å². The molecule has 0 saturated carbocycles. The lowest BCUT2D eigenvalue weighted by Crippen LogP contribution is -2.40. The molecule has 1 fully saturated rings. The topological polar surface area (TPSA) is 68.7 Å². The van der Waals surface area contributed by atoms with E-state index in [1.54, 1.807) is 17.4 Å². The molecule has 0 N–H and O–H groups in total. The molecular formula is C23H30N2O4S. The molecule has 1 aliphatic rings. The van der Waals surface area contributed by atoms with Crippen molar-refractivity contribution in [3.8, 4) is 17.0 Å².